The third-order valence-corrected chi connectivity index (χ3v) is 3.97. The lowest BCUT2D eigenvalue weighted by atomic mass is 10.2. The number of carbonyl (C=O) groups is 1. The molecule has 20 heavy (non-hydrogen) atoms. The molecule has 0 atom stereocenters. The number of benzene rings is 1. The second kappa shape index (κ2) is 5.38. The van der Waals surface area contributed by atoms with E-state index in [0.29, 0.717) is 5.56 Å². The van der Waals surface area contributed by atoms with Crippen molar-refractivity contribution in [1.82, 2.24) is 4.98 Å². The average molecular weight is 294 g/mol. The molecule has 0 radical (unpaired) electrons. The van der Waals surface area contributed by atoms with Gasteiger partial charge in [0.15, 0.2) is 11.6 Å². The maximum Gasteiger partial charge on any atom is 0.261 e. The molecule has 7 heteroatoms. The van der Waals surface area contributed by atoms with Crippen molar-refractivity contribution < 1.29 is 17.6 Å². The molecule has 0 aliphatic rings. The molecule has 0 aliphatic carbocycles. The lowest BCUT2D eigenvalue weighted by molar-refractivity contribution is 0.101. The minimum Gasteiger partial charge on any atom is -0.295 e. The molecule has 0 unspecified atom stereocenters. The van der Waals surface area contributed by atoms with Gasteiger partial charge < -0.3 is 0 Å². The van der Waals surface area contributed by atoms with Gasteiger partial charge in [-0.2, -0.15) is 0 Å². The summed E-state index contributed by atoms with van der Waals surface area (Å²) in [5.41, 5.74) is 0.217. The maximum absolute atomic E-state index is 13.4. The second-order valence-electron chi connectivity index (χ2n) is 4.04. The third kappa shape index (κ3) is 3.00. The molecule has 0 saturated carbocycles. The van der Waals surface area contributed by atoms with E-state index in [9.17, 15) is 17.6 Å². The van der Waals surface area contributed by atoms with Crippen molar-refractivity contribution in [3.63, 3.8) is 0 Å². The van der Waals surface area contributed by atoms with Gasteiger partial charge >= 0.3 is 0 Å². The molecule has 2 rings (SSSR count). The zero-order chi connectivity index (χ0) is 14.8. The monoisotopic (exact) mass is 294 g/mol. The smallest absolute Gasteiger partial charge is 0.261 e. The highest BCUT2D eigenvalue weighted by molar-refractivity contribution is 7.92. The number of ketones is 1. The minimum absolute atomic E-state index is 0.0567. The first-order valence-electron chi connectivity index (χ1n) is 5.63. The van der Waals surface area contributed by atoms with Crippen LogP contribution in [0.2, 0.25) is 0 Å². The van der Waals surface area contributed by atoms with Crippen molar-refractivity contribution >= 4 is 21.5 Å². The zero-order valence-electron chi connectivity index (χ0n) is 10.5. The number of sulfonamides is 1. The molecule has 5 nitrogen and oxygen atoms in total. The highest BCUT2D eigenvalue weighted by Gasteiger charge is 2.16. The van der Waals surface area contributed by atoms with E-state index in [2.05, 4.69) is 9.71 Å². The van der Waals surface area contributed by atoms with Crippen molar-refractivity contribution in [2.45, 2.75) is 11.8 Å². The van der Waals surface area contributed by atoms with Crippen LogP contribution < -0.4 is 4.72 Å². The summed E-state index contributed by atoms with van der Waals surface area (Å²) < 4.78 is 39.6. The number of Topliss-reactive ketones (excluding diaryl/α,β-unsaturated/α-hetero) is 1. The number of halogens is 1. The molecule has 0 saturated heterocycles. The maximum atomic E-state index is 13.4. The SMILES string of the molecule is CC(=O)c1ccc(S(=O)(=O)Nc2ccncc2F)cc1. The first-order chi connectivity index (χ1) is 9.40. The first-order valence-corrected chi connectivity index (χ1v) is 7.12. The van der Waals surface area contributed by atoms with E-state index in [-0.39, 0.29) is 16.4 Å². The van der Waals surface area contributed by atoms with Gasteiger partial charge in [-0.25, -0.2) is 12.8 Å². The van der Waals surface area contributed by atoms with Crippen LogP contribution in [0.4, 0.5) is 10.1 Å². The van der Waals surface area contributed by atoms with Gasteiger partial charge in [0.2, 0.25) is 0 Å². The Balaban J connectivity index is 2.31. The Labute approximate surface area is 115 Å². The van der Waals surface area contributed by atoms with Crippen molar-refractivity contribution in [2.24, 2.45) is 0 Å². The predicted molar refractivity (Wildman–Crippen MR) is 71.5 cm³/mol. The molecule has 0 amide bonds. The minimum atomic E-state index is -3.91. The number of hydrogen-bond donors (Lipinski definition) is 1. The standard InChI is InChI=1S/C13H11FN2O3S/c1-9(17)10-2-4-11(5-3-10)20(18,19)16-13-6-7-15-8-12(13)14/h2-8H,1H3,(H,15,16). The van der Waals surface area contributed by atoms with Gasteiger partial charge in [0.1, 0.15) is 0 Å². The molecule has 1 heterocycles. The summed E-state index contributed by atoms with van der Waals surface area (Å²) in [6.45, 7) is 1.38. The Bertz CT molecular complexity index is 742. The van der Waals surface area contributed by atoms with Crippen LogP contribution in [-0.4, -0.2) is 19.2 Å². The number of rotatable bonds is 4. The molecule has 1 N–H and O–H groups in total. The van der Waals surface area contributed by atoms with Crippen LogP contribution in [0.15, 0.2) is 47.6 Å². The van der Waals surface area contributed by atoms with Gasteiger partial charge in [-0.15, -0.1) is 0 Å². The fourth-order valence-electron chi connectivity index (χ4n) is 1.53. The van der Waals surface area contributed by atoms with Gasteiger partial charge in [0.25, 0.3) is 10.0 Å². The summed E-state index contributed by atoms with van der Waals surface area (Å²) >= 11 is 0. The Morgan fingerprint density at radius 3 is 2.40 bits per heavy atom. The quantitative estimate of drug-likeness (QED) is 0.877. The van der Waals surface area contributed by atoms with Gasteiger partial charge in [0, 0.05) is 11.8 Å². The van der Waals surface area contributed by atoms with E-state index < -0.39 is 15.8 Å². The molecular formula is C13H11FN2O3S. The first kappa shape index (κ1) is 14.1. The van der Waals surface area contributed by atoms with Crippen molar-refractivity contribution in [1.29, 1.82) is 0 Å². The zero-order valence-corrected chi connectivity index (χ0v) is 11.3. The molecule has 0 fully saturated rings. The summed E-state index contributed by atoms with van der Waals surface area (Å²) in [7, 11) is -3.91. The van der Waals surface area contributed by atoms with Crippen molar-refractivity contribution in [2.75, 3.05) is 4.72 Å². The fourth-order valence-corrected chi connectivity index (χ4v) is 2.60. The molecule has 0 spiro atoms. The van der Waals surface area contributed by atoms with Crippen LogP contribution in [0.1, 0.15) is 17.3 Å². The molecule has 0 aliphatic heterocycles. The predicted octanol–water partition coefficient (Wildman–Crippen LogP) is 2.22. The fraction of sp³-hybridized carbons (Fsp3) is 0.0769. The van der Waals surface area contributed by atoms with Gasteiger partial charge in [0.05, 0.1) is 16.8 Å². The Kier molecular flexibility index (Phi) is 3.80. The average Bonchev–Trinajstić information content (AvgIpc) is 2.41. The topological polar surface area (TPSA) is 76.1 Å². The number of anilines is 1. The van der Waals surface area contributed by atoms with E-state index in [4.69, 9.17) is 0 Å². The summed E-state index contributed by atoms with van der Waals surface area (Å²) in [6.07, 6.45) is 2.19. The van der Waals surface area contributed by atoms with E-state index in [1.807, 2.05) is 0 Å². The van der Waals surface area contributed by atoms with Crippen LogP contribution in [0, 0.1) is 5.82 Å². The summed E-state index contributed by atoms with van der Waals surface area (Å²) in [5.74, 6) is -0.932. The number of carbonyl (C=O) groups excluding carboxylic acids is 1. The number of hydrogen-bond acceptors (Lipinski definition) is 4. The normalized spacial score (nSPS) is 11.1. The number of nitrogens with one attached hydrogen (secondary N) is 1. The van der Waals surface area contributed by atoms with Crippen LogP contribution in [0.5, 0.6) is 0 Å². The van der Waals surface area contributed by atoms with Crippen LogP contribution in [0.3, 0.4) is 0 Å². The van der Waals surface area contributed by atoms with Crippen molar-refractivity contribution in [3.8, 4) is 0 Å². The Hall–Kier alpha value is -2.28. The summed E-state index contributed by atoms with van der Waals surface area (Å²) in [6, 6.07) is 6.60. The second-order valence-corrected chi connectivity index (χ2v) is 5.72. The molecule has 104 valence electrons. The lowest BCUT2D eigenvalue weighted by Gasteiger charge is -2.08. The molecule has 2 aromatic rings. The van der Waals surface area contributed by atoms with E-state index in [0.717, 1.165) is 6.20 Å². The number of pyridine rings is 1. The Morgan fingerprint density at radius 2 is 1.85 bits per heavy atom. The van der Waals surface area contributed by atoms with Gasteiger partial charge in [-0.05, 0) is 25.1 Å². The Morgan fingerprint density at radius 1 is 1.20 bits per heavy atom. The van der Waals surface area contributed by atoms with Gasteiger partial charge in [-0.1, -0.05) is 12.1 Å². The highest BCUT2D eigenvalue weighted by Crippen LogP contribution is 2.18. The number of nitrogens with zero attached hydrogens (tertiary/aromatic N) is 1. The van der Waals surface area contributed by atoms with Crippen molar-refractivity contribution in [3.05, 3.63) is 54.1 Å². The molecule has 0 bridgehead atoms. The van der Waals surface area contributed by atoms with Crippen LogP contribution in [0.25, 0.3) is 0 Å². The van der Waals surface area contributed by atoms with E-state index in [1.165, 1.54) is 43.5 Å². The molecular weight excluding hydrogens is 283 g/mol. The largest absolute Gasteiger partial charge is 0.295 e. The number of aromatic nitrogens is 1. The van der Waals surface area contributed by atoms with E-state index in [1.54, 1.807) is 0 Å². The lowest BCUT2D eigenvalue weighted by Crippen LogP contribution is -2.14. The van der Waals surface area contributed by atoms with Crippen LogP contribution in [-0.2, 0) is 10.0 Å². The molecule has 1 aromatic heterocycles. The van der Waals surface area contributed by atoms with E-state index >= 15 is 0 Å². The van der Waals surface area contributed by atoms with Crippen LogP contribution >= 0.6 is 0 Å². The third-order valence-electron chi connectivity index (χ3n) is 2.59. The molecule has 1 aromatic carbocycles. The van der Waals surface area contributed by atoms with Gasteiger partial charge in [-0.3, -0.25) is 14.5 Å². The highest BCUT2D eigenvalue weighted by atomic mass is 32.2. The summed E-state index contributed by atoms with van der Waals surface area (Å²) in [4.78, 5) is 14.6. The summed E-state index contributed by atoms with van der Waals surface area (Å²) in [5, 5.41) is 0.